The second-order valence-corrected chi connectivity index (χ2v) is 18.9. The molecule has 1 aromatic carbocycles. The van der Waals surface area contributed by atoms with Gasteiger partial charge in [-0.05, 0) is 152 Å². The second-order valence-electron chi connectivity index (χ2n) is 18.9. The van der Waals surface area contributed by atoms with Crippen LogP contribution >= 0.6 is 0 Å². The van der Waals surface area contributed by atoms with Crippen LogP contribution in [0.4, 0.5) is 4.39 Å². The summed E-state index contributed by atoms with van der Waals surface area (Å²) in [7, 11) is 0. The molecule has 0 spiro atoms. The first-order valence-corrected chi connectivity index (χ1v) is 19.3. The van der Waals surface area contributed by atoms with Crippen molar-refractivity contribution in [3.8, 4) is 0 Å². The summed E-state index contributed by atoms with van der Waals surface area (Å²) in [5.41, 5.74) is 12.2. The molecular weight excluding hydrogens is 593 g/mol. The minimum absolute atomic E-state index is 0.00531. The summed E-state index contributed by atoms with van der Waals surface area (Å²) < 4.78 is 20.3. The molecule has 6 aliphatic rings. The van der Waals surface area contributed by atoms with E-state index in [-0.39, 0.29) is 23.0 Å². The number of benzene rings is 1. The molecule has 4 heteroatoms. The molecule has 3 unspecified atom stereocenters. The van der Waals surface area contributed by atoms with Gasteiger partial charge in [-0.25, -0.2) is 4.39 Å². The third-order valence-electron chi connectivity index (χ3n) is 16.6. The molecule has 7 rings (SSSR count). The lowest BCUT2D eigenvalue weighted by Gasteiger charge is -2.72. The maximum absolute atomic E-state index is 14.6. The van der Waals surface area contributed by atoms with Gasteiger partial charge in [-0.1, -0.05) is 89.3 Å². The van der Waals surface area contributed by atoms with Crippen LogP contribution < -0.4 is 5.73 Å². The van der Waals surface area contributed by atoms with Crippen LogP contribution in [0.5, 0.6) is 0 Å². The zero-order valence-corrected chi connectivity index (χ0v) is 30.8. The summed E-state index contributed by atoms with van der Waals surface area (Å²) in [5.74, 6) is 2.74. The summed E-state index contributed by atoms with van der Waals surface area (Å²) in [5, 5.41) is 0. The summed E-state index contributed by atoms with van der Waals surface area (Å²) >= 11 is 0. The molecule has 3 nitrogen and oxygen atoms in total. The number of halogens is 1. The van der Waals surface area contributed by atoms with Gasteiger partial charge in [0.25, 0.3) is 0 Å². The minimum Gasteiger partial charge on any atom is -0.460 e. The lowest BCUT2D eigenvalue weighted by Crippen LogP contribution is -2.67. The van der Waals surface area contributed by atoms with Gasteiger partial charge in [-0.15, -0.1) is 0 Å². The summed E-state index contributed by atoms with van der Waals surface area (Å²) in [6.07, 6.45) is 17.5. The zero-order valence-electron chi connectivity index (χ0n) is 30.8. The lowest BCUT2D eigenvalue weighted by atomic mass is 9.33. The number of nitrogens with two attached hydrogens (primary N) is 1. The number of fused-ring (bicyclic) bond motifs is 7. The number of alkyl halides is 1. The zero-order chi connectivity index (χ0) is 34.3. The predicted molar refractivity (Wildman–Crippen MR) is 194 cm³/mol. The highest BCUT2D eigenvalue weighted by atomic mass is 19.1. The Labute approximate surface area is 290 Å². The van der Waals surface area contributed by atoms with Crippen LogP contribution in [0.3, 0.4) is 0 Å². The van der Waals surface area contributed by atoms with Crippen molar-refractivity contribution in [3.63, 3.8) is 0 Å². The van der Waals surface area contributed by atoms with Crippen molar-refractivity contribution in [2.24, 2.45) is 62.4 Å². The van der Waals surface area contributed by atoms with Gasteiger partial charge >= 0.3 is 5.97 Å². The predicted octanol–water partition coefficient (Wildman–Crippen LogP) is 10.7. The fourth-order valence-corrected chi connectivity index (χ4v) is 13.7. The molecule has 0 amide bonds. The van der Waals surface area contributed by atoms with Crippen LogP contribution in [0.1, 0.15) is 124 Å². The van der Waals surface area contributed by atoms with Gasteiger partial charge in [0.15, 0.2) is 0 Å². The van der Waals surface area contributed by atoms with Crippen molar-refractivity contribution >= 4 is 5.97 Å². The maximum Gasteiger partial charge on any atom is 0.315 e. The van der Waals surface area contributed by atoms with E-state index >= 15 is 0 Å². The number of carbonyl (C=O) groups is 1. The Hall–Kier alpha value is -2.20. The standard InChI is InChI=1S/C44H62FNO2/c1-29(2)32-17-24-44(46)26-25-41(6)34(37(32)44)13-14-36-40(5)20-18-33(39(3,4)35(40)19-21-42(36,41)7)31-15-22-43(28-45,23-16-31)38(47)48-27-30-11-9-8-10-12-30/h8-12,15,18,32,34-37H,1,13-14,16-17,19-28,46H2,2-7H3/t32-,34+,35-,36?,37+,40-,41+,42?,43-,44?/m0/s1. The first-order valence-electron chi connectivity index (χ1n) is 19.3. The van der Waals surface area contributed by atoms with Gasteiger partial charge in [-0.3, -0.25) is 4.79 Å². The SMILES string of the molecule is C=C(C)[C@@H]1CCC2(N)CC[C@]3(C)[C@H](CCC4C3(C)CC[C@H]3C(C)(C)C(C5=CC[C@](CF)(C(=O)OCc6ccccc6)CC5)=CC[C@]43C)[C@@H]12. The van der Waals surface area contributed by atoms with E-state index in [0.717, 1.165) is 18.4 Å². The van der Waals surface area contributed by atoms with Crippen LogP contribution in [0.15, 0.2) is 65.8 Å². The number of hydrogen-bond donors (Lipinski definition) is 1. The van der Waals surface area contributed by atoms with Crippen molar-refractivity contribution in [3.05, 3.63) is 71.3 Å². The lowest BCUT2D eigenvalue weighted by molar-refractivity contribution is -0.219. The summed E-state index contributed by atoms with van der Waals surface area (Å²) in [6, 6.07) is 9.68. The third-order valence-corrected chi connectivity index (χ3v) is 16.6. The van der Waals surface area contributed by atoms with Gasteiger partial charge < -0.3 is 10.5 Å². The van der Waals surface area contributed by atoms with E-state index in [0.29, 0.717) is 53.3 Å². The number of ether oxygens (including phenoxy) is 1. The first kappa shape index (κ1) is 34.3. The Bertz CT molecular complexity index is 1510. The van der Waals surface area contributed by atoms with Gasteiger partial charge in [0.05, 0.1) is 5.41 Å². The molecule has 0 aliphatic heterocycles. The topological polar surface area (TPSA) is 52.3 Å². The highest BCUT2D eigenvalue weighted by Crippen LogP contribution is 2.76. The molecule has 48 heavy (non-hydrogen) atoms. The molecule has 4 saturated carbocycles. The van der Waals surface area contributed by atoms with Crippen molar-refractivity contribution in [2.75, 3.05) is 6.67 Å². The van der Waals surface area contributed by atoms with E-state index in [9.17, 15) is 9.18 Å². The summed E-state index contributed by atoms with van der Waals surface area (Å²) in [4.78, 5) is 13.3. The molecule has 0 radical (unpaired) electrons. The third kappa shape index (κ3) is 4.84. The number of rotatable bonds is 6. The largest absolute Gasteiger partial charge is 0.460 e. The molecule has 0 bridgehead atoms. The summed E-state index contributed by atoms with van der Waals surface area (Å²) in [6.45, 7) is 19.3. The van der Waals surface area contributed by atoms with Crippen LogP contribution in [0.25, 0.3) is 0 Å². The molecule has 2 N–H and O–H groups in total. The van der Waals surface area contributed by atoms with E-state index < -0.39 is 18.1 Å². The average Bonchev–Trinajstić information content (AvgIpc) is 3.42. The van der Waals surface area contributed by atoms with Crippen LogP contribution in [0.2, 0.25) is 0 Å². The van der Waals surface area contributed by atoms with Crippen molar-refractivity contribution < 1.29 is 13.9 Å². The highest BCUT2D eigenvalue weighted by molar-refractivity contribution is 5.78. The Kier molecular flexibility index (Phi) is 8.33. The smallest absolute Gasteiger partial charge is 0.315 e. The minimum atomic E-state index is -1.07. The van der Waals surface area contributed by atoms with Gasteiger partial charge in [0.2, 0.25) is 0 Å². The van der Waals surface area contributed by atoms with E-state index in [4.69, 9.17) is 10.5 Å². The van der Waals surface area contributed by atoms with Crippen LogP contribution in [-0.4, -0.2) is 18.2 Å². The van der Waals surface area contributed by atoms with Gasteiger partial charge in [0, 0.05) is 5.54 Å². The van der Waals surface area contributed by atoms with Crippen molar-refractivity contribution in [2.45, 2.75) is 131 Å². The highest BCUT2D eigenvalue weighted by Gasteiger charge is 2.70. The molecule has 0 saturated heterocycles. The van der Waals surface area contributed by atoms with Crippen LogP contribution in [-0.2, 0) is 16.1 Å². The molecular formula is C44H62FNO2. The Morgan fingerprint density at radius 2 is 1.65 bits per heavy atom. The Morgan fingerprint density at radius 1 is 0.896 bits per heavy atom. The van der Waals surface area contributed by atoms with E-state index in [1.807, 2.05) is 30.3 Å². The molecule has 262 valence electrons. The monoisotopic (exact) mass is 655 g/mol. The average molecular weight is 656 g/mol. The van der Waals surface area contributed by atoms with E-state index in [1.165, 1.54) is 68.1 Å². The second kappa shape index (κ2) is 11.7. The number of allylic oxidation sites excluding steroid dienone is 5. The van der Waals surface area contributed by atoms with Crippen LogP contribution in [0, 0.1) is 56.7 Å². The Balaban J connectivity index is 1.12. The fourth-order valence-electron chi connectivity index (χ4n) is 13.7. The molecule has 0 aromatic heterocycles. The van der Waals surface area contributed by atoms with E-state index in [2.05, 4.69) is 60.3 Å². The van der Waals surface area contributed by atoms with Crippen molar-refractivity contribution in [1.82, 2.24) is 0 Å². The van der Waals surface area contributed by atoms with Crippen molar-refractivity contribution in [1.29, 1.82) is 0 Å². The van der Waals surface area contributed by atoms with Gasteiger partial charge in [-0.2, -0.15) is 0 Å². The molecule has 6 aliphatic carbocycles. The quantitative estimate of drug-likeness (QED) is 0.245. The van der Waals surface area contributed by atoms with E-state index in [1.54, 1.807) is 0 Å². The number of carbonyl (C=O) groups excluding carboxylic acids is 1. The van der Waals surface area contributed by atoms with Gasteiger partial charge in [0.1, 0.15) is 13.3 Å². The Morgan fingerprint density at radius 3 is 2.31 bits per heavy atom. The molecule has 10 atom stereocenters. The first-order chi connectivity index (χ1) is 22.7. The maximum atomic E-state index is 14.6. The fraction of sp³-hybridized carbons (Fsp3) is 0.705. The molecule has 0 heterocycles. The molecule has 1 aromatic rings. The number of esters is 1. The normalized spacial score (nSPS) is 44.6. The number of hydrogen-bond acceptors (Lipinski definition) is 3. The molecule has 4 fully saturated rings.